The van der Waals surface area contributed by atoms with Gasteiger partial charge in [-0.05, 0) is 11.6 Å². The van der Waals surface area contributed by atoms with Crippen LogP contribution in [-0.2, 0) is 0 Å². The Kier molecular flexibility index (Phi) is 2.92. The monoisotopic (exact) mass is 232 g/mol. The zero-order chi connectivity index (χ0) is 11.4. The van der Waals surface area contributed by atoms with Gasteiger partial charge in [0.05, 0.1) is 18.3 Å². The highest BCUT2D eigenvalue weighted by Gasteiger charge is 2.02. The first kappa shape index (κ1) is 10.3. The third kappa shape index (κ3) is 2.06. The van der Waals surface area contributed by atoms with Gasteiger partial charge in [-0.3, -0.25) is 0 Å². The Balaban J connectivity index is 2.40. The lowest BCUT2D eigenvalue weighted by molar-refractivity contribution is 0.939. The molecule has 2 aromatic heterocycles. The molecule has 16 heavy (non-hydrogen) atoms. The number of rotatable bonds is 1. The molecule has 6 nitrogen and oxygen atoms in total. The molecule has 0 aliphatic carbocycles. The van der Waals surface area contributed by atoms with Gasteiger partial charge in [0.2, 0.25) is 0 Å². The SMILES string of the molecule is [N-]=[N+]=NCC#Cc1cnn2ccc(Cl)nc12. The Morgan fingerprint density at radius 1 is 1.62 bits per heavy atom. The highest BCUT2D eigenvalue weighted by molar-refractivity contribution is 6.29. The first-order valence-electron chi connectivity index (χ1n) is 4.31. The fourth-order valence-corrected chi connectivity index (χ4v) is 1.27. The van der Waals surface area contributed by atoms with Crippen molar-refractivity contribution in [1.29, 1.82) is 0 Å². The fraction of sp³-hybridized carbons (Fsp3) is 0.111. The van der Waals surface area contributed by atoms with Gasteiger partial charge in [-0.25, -0.2) is 9.50 Å². The van der Waals surface area contributed by atoms with Gasteiger partial charge in [0.1, 0.15) is 5.15 Å². The highest BCUT2D eigenvalue weighted by Crippen LogP contribution is 2.10. The maximum absolute atomic E-state index is 8.08. The molecule has 0 aromatic carbocycles. The van der Waals surface area contributed by atoms with Crippen molar-refractivity contribution in [3.05, 3.63) is 39.6 Å². The molecule has 2 rings (SSSR count). The van der Waals surface area contributed by atoms with Crippen LogP contribution in [0.25, 0.3) is 16.1 Å². The molecule has 0 amide bonds. The minimum absolute atomic E-state index is 0.119. The lowest BCUT2D eigenvalue weighted by Crippen LogP contribution is -1.89. The summed E-state index contributed by atoms with van der Waals surface area (Å²) in [4.78, 5) is 6.69. The van der Waals surface area contributed by atoms with E-state index in [0.717, 1.165) is 0 Å². The number of azide groups is 1. The highest BCUT2D eigenvalue weighted by atomic mass is 35.5. The third-order valence-corrected chi connectivity index (χ3v) is 1.98. The number of fused-ring (bicyclic) bond motifs is 1. The number of halogens is 1. The van der Waals surface area contributed by atoms with E-state index in [2.05, 4.69) is 31.9 Å². The van der Waals surface area contributed by atoms with Crippen molar-refractivity contribution in [2.75, 3.05) is 6.54 Å². The van der Waals surface area contributed by atoms with Crippen LogP contribution in [0.2, 0.25) is 5.15 Å². The predicted octanol–water partition coefficient (Wildman–Crippen LogP) is 2.04. The quantitative estimate of drug-likeness (QED) is 0.248. The summed E-state index contributed by atoms with van der Waals surface area (Å²) < 4.78 is 1.57. The molecule has 78 valence electrons. The van der Waals surface area contributed by atoms with Gasteiger partial charge in [-0.15, -0.1) is 0 Å². The van der Waals surface area contributed by atoms with Crippen LogP contribution in [0.4, 0.5) is 0 Å². The van der Waals surface area contributed by atoms with Crippen molar-refractivity contribution >= 4 is 17.2 Å². The lowest BCUT2D eigenvalue weighted by Gasteiger charge is -1.92. The molecule has 2 aromatic rings. The van der Waals surface area contributed by atoms with Crippen molar-refractivity contribution < 1.29 is 0 Å². The summed E-state index contributed by atoms with van der Waals surface area (Å²) in [5, 5.41) is 7.73. The second-order valence-corrected chi connectivity index (χ2v) is 3.15. The van der Waals surface area contributed by atoms with Gasteiger partial charge < -0.3 is 0 Å². The van der Waals surface area contributed by atoms with Gasteiger partial charge >= 0.3 is 0 Å². The van der Waals surface area contributed by atoms with Gasteiger partial charge in [0.15, 0.2) is 5.65 Å². The van der Waals surface area contributed by atoms with Gasteiger partial charge in [-0.1, -0.05) is 28.6 Å². The second-order valence-electron chi connectivity index (χ2n) is 2.77. The summed E-state index contributed by atoms with van der Waals surface area (Å²) in [6, 6.07) is 1.64. The Morgan fingerprint density at radius 2 is 2.50 bits per heavy atom. The van der Waals surface area contributed by atoms with Crippen molar-refractivity contribution in [2.45, 2.75) is 0 Å². The Bertz CT molecular complexity index is 628. The number of aromatic nitrogens is 3. The maximum atomic E-state index is 8.08. The van der Waals surface area contributed by atoms with Crippen LogP contribution in [0.3, 0.4) is 0 Å². The Labute approximate surface area is 95.5 Å². The first-order chi connectivity index (χ1) is 7.81. The van der Waals surface area contributed by atoms with E-state index in [1.54, 1.807) is 23.0 Å². The normalized spacial score (nSPS) is 9.31. The third-order valence-electron chi connectivity index (χ3n) is 1.77. The molecular formula is C9H5ClN6. The van der Waals surface area contributed by atoms with Crippen LogP contribution in [0.5, 0.6) is 0 Å². The second kappa shape index (κ2) is 4.53. The zero-order valence-corrected chi connectivity index (χ0v) is 8.76. The van der Waals surface area contributed by atoms with Crippen molar-refractivity contribution in [1.82, 2.24) is 14.6 Å². The largest absolute Gasteiger partial charge is 0.221 e. The van der Waals surface area contributed by atoms with E-state index in [0.29, 0.717) is 16.4 Å². The minimum atomic E-state index is 0.119. The standard InChI is InChI=1S/C9H5ClN6/c10-8-3-5-16-9(14-8)7(6-13-16)2-1-4-12-15-11/h3,5-6H,4H2. The van der Waals surface area contributed by atoms with Crippen molar-refractivity contribution in [3.8, 4) is 11.8 Å². The van der Waals surface area contributed by atoms with Crippen LogP contribution in [0, 0.1) is 11.8 Å². The molecule has 0 aliphatic heterocycles. The predicted molar refractivity (Wildman–Crippen MR) is 58.9 cm³/mol. The molecule has 0 spiro atoms. The van der Waals surface area contributed by atoms with Gasteiger partial charge in [-0.2, -0.15) is 5.10 Å². The molecule has 2 heterocycles. The lowest BCUT2D eigenvalue weighted by atomic mass is 10.3. The molecule has 7 heteroatoms. The number of nitrogens with zero attached hydrogens (tertiary/aromatic N) is 6. The van der Waals surface area contributed by atoms with E-state index in [1.165, 1.54) is 0 Å². The van der Waals surface area contributed by atoms with Gasteiger partial charge in [0.25, 0.3) is 0 Å². The first-order valence-corrected chi connectivity index (χ1v) is 4.68. The fourth-order valence-electron chi connectivity index (χ4n) is 1.14. The molecule has 0 N–H and O–H groups in total. The smallest absolute Gasteiger partial charge is 0.172 e. The molecule has 0 bridgehead atoms. The summed E-state index contributed by atoms with van der Waals surface area (Å²) in [5.41, 5.74) is 9.31. The molecule has 0 unspecified atom stereocenters. The van der Waals surface area contributed by atoms with Crippen molar-refractivity contribution in [3.63, 3.8) is 0 Å². The summed E-state index contributed by atoms with van der Waals surface area (Å²) in [6.45, 7) is 0.119. The van der Waals surface area contributed by atoms with E-state index in [1.807, 2.05) is 0 Å². The summed E-state index contributed by atoms with van der Waals surface area (Å²) in [5.74, 6) is 5.50. The molecule has 0 saturated carbocycles. The molecule has 0 aliphatic rings. The van der Waals surface area contributed by atoms with E-state index in [-0.39, 0.29) is 6.54 Å². The molecule has 0 saturated heterocycles. The average molecular weight is 233 g/mol. The van der Waals surface area contributed by atoms with E-state index in [9.17, 15) is 0 Å². The van der Waals surface area contributed by atoms with Gasteiger partial charge in [0, 0.05) is 11.1 Å². The van der Waals surface area contributed by atoms with Crippen LogP contribution in [0.1, 0.15) is 5.56 Å². The molecular weight excluding hydrogens is 228 g/mol. The number of hydrogen-bond donors (Lipinski definition) is 0. The number of hydrogen-bond acceptors (Lipinski definition) is 3. The molecule has 0 radical (unpaired) electrons. The van der Waals surface area contributed by atoms with Crippen molar-refractivity contribution in [2.24, 2.45) is 5.11 Å². The molecule has 0 atom stereocenters. The van der Waals surface area contributed by atoms with Crippen LogP contribution in [0.15, 0.2) is 23.6 Å². The van der Waals surface area contributed by atoms with Crippen LogP contribution < -0.4 is 0 Å². The van der Waals surface area contributed by atoms with Crippen LogP contribution >= 0.6 is 11.6 Å². The topological polar surface area (TPSA) is 79.0 Å². The minimum Gasteiger partial charge on any atom is -0.221 e. The molecule has 0 fully saturated rings. The van der Waals surface area contributed by atoms with E-state index in [4.69, 9.17) is 17.1 Å². The van der Waals surface area contributed by atoms with Crippen LogP contribution in [-0.4, -0.2) is 21.1 Å². The summed E-state index contributed by atoms with van der Waals surface area (Å²) in [7, 11) is 0. The Hall–Kier alpha value is -2.22. The average Bonchev–Trinajstić information content (AvgIpc) is 2.67. The Morgan fingerprint density at radius 3 is 3.31 bits per heavy atom. The van der Waals surface area contributed by atoms with E-state index < -0.39 is 0 Å². The maximum Gasteiger partial charge on any atom is 0.172 e. The van der Waals surface area contributed by atoms with E-state index >= 15 is 0 Å². The zero-order valence-electron chi connectivity index (χ0n) is 8.00. The summed E-state index contributed by atoms with van der Waals surface area (Å²) >= 11 is 5.76. The summed E-state index contributed by atoms with van der Waals surface area (Å²) in [6.07, 6.45) is 3.28.